The lowest BCUT2D eigenvalue weighted by Crippen LogP contribution is -2.51. The molecule has 0 spiro atoms. The number of hydrogen-bond donors (Lipinski definition) is 1. The normalized spacial score (nSPS) is 12.2. The maximum Gasteiger partial charge on any atom is 0.264 e. The van der Waals surface area contributed by atoms with Crippen LogP contribution in [0.5, 0.6) is 0 Å². The Labute approximate surface area is 243 Å². The number of rotatable bonds is 13. The van der Waals surface area contributed by atoms with Crippen LogP contribution in [0.25, 0.3) is 0 Å². The summed E-state index contributed by atoms with van der Waals surface area (Å²) in [5.74, 6) is -0.578. The zero-order valence-corrected chi connectivity index (χ0v) is 25.1. The highest BCUT2D eigenvalue weighted by Crippen LogP contribution is 2.27. The van der Waals surface area contributed by atoms with Crippen molar-refractivity contribution < 1.29 is 18.0 Å². The van der Waals surface area contributed by atoms with Crippen molar-refractivity contribution in [2.75, 3.05) is 17.4 Å². The highest BCUT2D eigenvalue weighted by Gasteiger charge is 2.32. The molecule has 3 aromatic rings. The molecule has 0 bridgehead atoms. The molecule has 3 rings (SSSR count). The predicted molar refractivity (Wildman–Crippen MR) is 161 cm³/mol. The highest BCUT2D eigenvalue weighted by atomic mass is 35.5. The second-order valence-electron chi connectivity index (χ2n) is 10.0. The Morgan fingerprint density at radius 3 is 2.12 bits per heavy atom. The summed E-state index contributed by atoms with van der Waals surface area (Å²) in [6.45, 7) is 7.82. The first-order valence-corrected chi connectivity index (χ1v) is 15.4. The van der Waals surface area contributed by atoms with E-state index >= 15 is 0 Å². The summed E-state index contributed by atoms with van der Waals surface area (Å²) in [7, 11) is -4.10. The Kier molecular flexibility index (Phi) is 11.2. The third kappa shape index (κ3) is 7.86. The maximum atomic E-state index is 14.0. The van der Waals surface area contributed by atoms with Gasteiger partial charge in [0.05, 0.1) is 10.6 Å². The van der Waals surface area contributed by atoms with Gasteiger partial charge in [-0.3, -0.25) is 13.9 Å². The Hall–Kier alpha value is -3.36. The summed E-state index contributed by atoms with van der Waals surface area (Å²) in [6, 6.07) is 21.4. The molecule has 0 heterocycles. The van der Waals surface area contributed by atoms with Crippen LogP contribution in [0.3, 0.4) is 0 Å². The zero-order valence-electron chi connectivity index (χ0n) is 23.5. The fraction of sp³-hybridized carbons (Fsp3) is 0.355. The van der Waals surface area contributed by atoms with Crippen LogP contribution in [0.4, 0.5) is 5.69 Å². The summed E-state index contributed by atoms with van der Waals surface area (Å²) in [6.07, 6.45) is 1.73. The SMILES string of the molecule is CCCCNC(=O)C(C)N(Cc1ccccc1Cl)C(=O)CN(c1ccc(C(C)C)cc1)S(=O)(=O)c1ccccc1. The number of unbranched alkanes of at least 4 members (excludes halogenated alkanes) is 1. The van der Waals surface area contributed by atoms with Gasteiger partial charge in [0, 0.05) is 18.1 Å². The fourth-order valence-electron chi connectivity index (χ4n) is 4.20. The van der Waals surface area contributed by atoms with Gasteiger partial charge in [0.25, 0.3) is 10.0 Å². The molecule has 0 saturated carbocycles. The smallest absolute Gasteiger partial charge is 0.264 e. The molecule has 0 fully saturated rings. The van der Waals surface area contributed by atoms with Crippen molar-refractivity contribution in [1.29, 1.82) is 0 Å². The van der Waals surface area contributed by atoms with Crippen molar-refractivity contribution in [2.24, 2.45) is 0 Å². The fourth-order valence-corrected chi connectivity index (χ4v) is 5.83. The van der Waals surface area contributed by atoms with E-state index in [1.54, 1.807) is 61.5 Å². The highest BCUT2D eigenvalue weighted by molar-refractivity contribution is 7.92. The molecule has 1 unspecified atom stereocenters. The second kappa shape index (κ2) is 14.3. The summed E-state index contributed by atoms with van der Waals surface area (Å²) in [5.41, 5.74) is 2.06. The van der Waals surface area contributed by atoms with Crippen LogP contribution in [0, 0.1) is 0 Å². The van der Waals surface area contributed by atoms with E-state index in [-0.39, 0.29) is 23.3 Å². The van der Waals surface area contributed by atoms with Crippen molar-refractivity contribution in [3.63, 3.8) is 0 Å². The van der Waals surface area contributed by atoms with Crippen LogP contribution in [0.2, 0.25) is 5.02 Å². The summed E-state index contributed by atoms with van der Waals surface area (Å²) in [5, 5.41) is 3.33. The Balaban J connectivity index is 2.01. The van der Waals surface area contributed by atoms with E-state index in [9.17, 15) is 18.0 Å². The Bertz CT molecular complexity index is 1380. The van der Waals surface area contributed by atoms with E-state index in [0.717, 1.165) is 22.7 Å². The maximum absolute atomic E-state index is 14.0. The molecular formula is C31H38ClN3O4S. The first-order chi connectivity index (χ1) is 19.1. The minimum atomic E-state index is -4.10. The summed E-state index contributed by atoms with van der Waals surface area (Å²) < 4.78 is 28.8. The summed E-state index contributed by atoms with van der Waals surface area (Å²) in [4.78, 5) is 28.5. The van der Waals surface area contributed by atoms with Crippen LogP contribution in [0.15, 0.2) is 83.8 Å². The van der Waals surface area contributed by atoms with Crippen molar-refractivity contribution >= 4 is 39.1 Å². The van der Waals surface area contributed by atoms with Gasteiger partial charge in [-0.15, -0.1) is 0 Å². The van der Waals surface area contributed by atoms with Gasteiger partial charge in [0.2, 0.25) is 11.8 Å². The largest absolute Gasteiger partial charge is 0.354 e. The van der Waals surface area contributed by atoms with Gasteiger partial charge in [-0.2, -0.15) is 0 Å². The predicted octanol–water partition coefficient (Wildman–Crippen LogP) is 5.99. The topological polar surface area (TPSA) is 86.8 Å². The number of carbonyl (C=O) groups is 2. The third-order valence-electron chi connectivity index (χ3n) is 6.75. The van der Waals surface area contributed by atoms with E-state index in [1.165, 1.54) is 17.0 Å². The molecule has 9 heteroatoms. The van der Waals surface area contributed by atoms with Gasteiger partial charge in [-0.1, -0.05) is 87.3 Å². The Morgan fingerprint density at radius 2 is 1.52 bits per heavy atom. The first-order valence-electron chi connectivity index (χ1n) is 13.5. The molecule has 0 aliphatic heterocycles. The number of benzene rings is 3. The van der Waals surface area contributed by atoms with Gasteiger partial charge >= 0.3 is 0 Å². The van der Waals surface area contributed by atoms with Crippen LogP contribution in [0.1, 0.15) is 57.6 Å². The van der Waals surface area contributed by atoms with E-state index < -0.39 is 28.5 Å². The van der Waals surface area contributed by atoms with Crippen LogP contribution >= 0.6 is 11.6 Å². The second-order valence-corrected chi connectivity index (χ2v) is 12.3. The monoisotopic (exact) mass is 583 g/mol. The van der Waals surface area contributed by atoms with Gasteiger partial charge in [-0.05, 0) is 60.7 Å². The molecule has 0 aliphatic carbocycles. The number of anilines is 1. The van der Waals surface area contributed by atoms with E-state index in [1.807, 2.05) is 19.1 Å². The van der Waals surface area contributed by atoms with Crippen LogP contribution < -0.4 is 9.62 Å². The molecule has 2 amide bonds. The van der Waals surface area contributed by atoms with E-state index in [0.29, 0.717) is 22.8 Å². The Morgan fingerprint density at radius 1 is 0.900 bits per heavy atom. The molecule has 40 heavy (non-hydrogen) atoms. The standard InChI is InChI=1S/C31H38ClN3O4S/c1-5-6-20-33-31(37)24(4)34(21-26-12-10-11-15-29(26)32)30(36)22-35(27-18-16-25(17-19-27)23(2)3)40(38,39)28-13-8-7-9-14-28/h7-19,23-24H,5-6,20-22H2,1-4H3,(H,33,37). The average molecular weight is 584 g/mol. The van der Waals surface area contributed by atoms with Crippen molar-refractivity contribution in [2.45, 2.75) is 63.9 Å². The number of hydrogen-bond acceptors (Lipinski definition) is 4. The van der Waals surface area contributed by atoms with Crippen molar-refractivity contribution in [3.8, 4) is 0 Å². The number of amides is 2. The molecular weight excluding hydrogens is 546 g/mol. The number of nitrogens with zero attached hydrogens (tertiary/aromatic N) is 2. The van der Waals surface area contributed by atoms with Crippen LogP contribution in [-0.2, 0) is 26.2 Å². The molecule has 0 aliphatic rings. The lowest BCUT2D eigenvalue weighted by atomic mass is 10.0. The average Bonchev–Trinajstić information content (AvgIpc) is 2.95. The van der Waals surface area contributed by atoms with Gasteiger partial charge in [0.1, 0.15) is 12.6 Å². The molecule has 1 N–H and O–H groups in total. The van der Waals surface area contributed by atoms with Gasteiger partial charge < -0.3 is 10.2 Å². The zero-order chi connectivity index (χ0) is 29.3. The molecule has 214 valence electrons. The number of carbonyl (C=O) groups excluding carboxylic acids is 2. The molecule has 3 aromatic carbocycles. The van der Waals surface area contributed by atoms with Crippen LogP contribution in [-0.4, -0.2) is 44.3 Å². The third-order valence-corrected chi connectivity index (χ3v) is 8.91. The quantitative estimate of drug-likeness (QED) is 0.250. The molecule has 1 atom stereocenters. The molecule has 7 nitrogen and oxygen atoms in total. The minimum Gasteiger partial charge on any atom is -0.354 e. The molecule has 0 aromatic heterocycles. The van der Waals surface area contributed by atoms with E-state index in [4.69, 9.17) is 11.6 Å². The first kappa shape index (κ1) is 31.2. The number of nitrogens with one attached hydrogen (secondary N) is 1. The number of sulfonamides is 1. The van der Waals surface area contributed by atoms with Crippen molar-refractivity contribution in [3.05, 3.63) is 95.0 Å². The van der Waals surface area contributed by atoms with Gasteiger partial charge in [0.15, 0.2) is 0 Å². The molecule has 0 saturated heterocycles. The molecule has 0 radical (unpaired) electrons. The van der Waals surface area contributed by atoms with Crippen molar-refractivity contribution in [1.82, 2.24) is 10.2 Å². The lowest BCUT2D eigenvalue weighted by Gasteiger charge is -2.32. The number of halogens is 1. The summed E-state index contributed by atoms with van der Waals surface area (Å²) >= 11 is 6.41. The van der Waals surface area contributed by atoms with Gasteiger partial charge in [-0.25, -0.2) is 8.42 Å². The minimum absolute atomic E-state index is 0.0480. The van der Waals surface area contributed by atoms with E-state index in [2.05, 4.69) is 19.2 Å². The lowest BCUT2D eigenvalue weighted by molar-refractivity contribution is -0.139.